The fourth-order valence-corrected chi connectivity index (χ4v) is 4.69. The van der Waals surface area contributed by atoms with Crippen LogP contribution in [0.25, 0.3) is 0 Å². The number of carbonyl (C=O) groups is 4. The zero-order chi connectivity index (χ0) is 23.3. The molecule has 1 unspecified atom stereocenters. The van der Waals surface area contributed by atoms with Gasteiger partial charge in [-0.2, -0.15) is 0 Å². The lowest BCUT2D eigenvalue weighted by Gasteiger charge is -2.45. The second kappa shape index (κ2) is 10.0. The number of carbonyl (C=O) groups excluding carboxylic acids is 3. The predicted octanol–water partition coefficient (Wildman–Crippen LogP) is 4.22. The summed E-state index contributed by atoms with van der Waals surface area (Å²) in [6.45, 7) is 11.5. The molecule has 1 fully saturated rings. The van der Waals surface area contributed by atoms with Gasteiger partial charge in [0.25, 0.3) is 0 Å². The monoisotopic (exact) mass is 428 g/mol. The van der Waals surface area contributed by atoms with Gasteiger partial charge in [0.15, 0.2) is 5.78 Å². The second-order valence-corrected chi connectivity index (χ2v) is 8.84. The lowest BCUT2D eigenvalue weighted by Crippen LogP contribution is -2.47. The summed E-state index contributed by atoms with van der Waals surface area (Å²) in [6.07, 6.45) is 8.14. The first kappa shape index (κ1) is 24.5. The second-order valence-electron chi connectivity index (χ2n) is 8.84. The van der Waals surface area contributed by atoms with E-state index in [-0.39, 0.29) is 24.2 Å². The molecule has 0 heterocycles. The van der Waals surface area contributed by atoms with Crippen LogP contribution in [0.1, 0.15) is 53.4 Å². The Hall–Kier alpha value is -2.76. The van der Waals surface area contributed by atoms with Crippen LogP contribution in [0.4, 0.5) is 0 Å². The number of ketones is 1. The van der Waals surface area contributed by atoms with Crippen molar-refractivity contribution in [2.24, 2.45) is 23.2 Å². The van der Waals surface area contributed by atoms with E-state index >= 15 is 0 Å². The van der Waals surface area contributed by atoms with Crippen molar-refractivity contribution in [3.8, 4) is 0 Å². The number of esters is 1. The number of ether oxygens (including phenoxy) is 1. The number of carboxylic acids is 1. The third-order valence-electron chi connectivity index (χ3n) is 6.64. The van der Waals surface area contributed by atoms with Crippen molar-refractivity contribution >= 4 is 24.0 Å². The van der Waals surface area contributed by atoms with E-state index in [9.17, 15) is 24.3 Å². The topological polar surface area (TPSA) is 97.7 Å². The fraction of sp³-hybridized carbons (Fsp3) is 0.520. The number of hydrogen-bond donors (Lipinski definition) is 1. The molecule has 6 heteroatoms. The van der Waals surface area contributed by atoms with Gasteiger partial charge < -0.3 is 9.84 Å². The molecule has 31 heavy (non-hydrogen) atoms. The Morgan fingerprint density at radius 2 is 2.03 bits per heavy atom. The van der Waals surface area contributed by atoms with Crippen LogP contribution in [0, 0.1) is 23.2 Å². The molecule has 1 N–H and O–H groups in total. The molecule has 6 nitrogen and oxygen atoms in total. The summed E-state index contributed by atoms with van der Waals surface area (Å²) in [5.74, 6) is -2.90. The van der Waals surface area contributed by atoms with E-state index in [1.54, 1.807) is 13.0 Å². The largest absolute Gasteiger partial charge is 0.481 e. The van der Waals surface area contributed by atoms with Crippen molar-refractivity contribution in [3.63, 3.8) is 0 Å². The normalized spacial score (nSPS) is 29.3. The van der Waals surface area contributed by atoms with Crippen LogP contribution in [-0.4, -0.2) is 35.2 Å². The minimum atomic E-state index is -1.03. The highest BCUT2D eigenvalue weighted by atomic mass is 16.5. The molecule has 0 spiro atoms. The Labute approximate surface area is 183 Å². The van der Waals surface area contributed by atoms with Crippen LogP contribution in [0.2, 0.25) is 0 Å². The summed E-state index contributed by atoms with van der Waals surface area (Å²) in [6, 6.07) is 0. The molecule has 0 bridgehead atoms. The summed E-state index contributed by atoms with van der Waals surface area (Å²) in [4.78, 5) is 48.2. The molecule has 2 aliphatic carbocycles. The maximum atomic E-state index is 12.8. The molecule has 0 aliphatic heterocycles. The molecule has 168 valence electrons. The number of aldehydes is 1. The summed E-state index contributed by atoms with van der Waals surface area (Å²) >= 11 is 0. The van der Waals surface area contributed by atoms with E-state index in [0.717, 1.165) is 12.0 Å². The first-order valence-electron chi connectivity index (χ1n) is 10.7. The van der Waals surface area contributed by atoms with Gasteiger partial charge in [0.2, 0.25) is 0 Å². The van der Waals surface area contributed by atoms with Crippen LogP contribution in [-0.2, 0) is 23.9 Å². The molecule has 0 radical (unpaired) electrons. The lowest BCUT2D eigenvalue weighted by atomic mass is 9.59. The molecular formula is C25H32O6. The molecule has 2 rings (SSSR count). The highest BCUT2D eigenvalue weighted by Gasteiger charge is 2.58. The van der Waals surface area contributed by atoms with Gasteiger partial charge in [-0.05, 0) is 49.3 Å². The third-order valence-corrected chi connectivity index (χ3v) is 6.64. The summed E-state index contributed by atoms with van der Waals surface area (Å²) in [5.41, 5.74) is 0.680. The van der Waals surface area contributed by atoms with Crippen LogP contribution in [0.5, 0.6) is 0 Å². The van der Waals surface area contributed by atoms with Crippen molar-refractivity contribution in [2.75, 3.05) is 0 Å². The van der Waals surface area contributed by atoms with Crippen molar-refractivity contribution < 1.29 is 29.0 Å². The van der Waals surface area contributed by atoms with Gasteiger partial charge in [-0.15, -0.1) is 0 Å². The Bertz CT molecular complexity index is 861. The van der Waals surface area contributed by atoms with E-state index in [1.807, 2.05) is 6.92 Å². The molecule has 0 aromatic heterocycles. The Morgan fingerprint density at radius 3 is 2.61 bits per heavy atom. The highest BCUT2D eigenvalue weighted by Crippen LogP contribution is 2.56. The minimum absolute atomic E-state index is 0.0861. The highest BCUT2D eigenvalue weighted by molar-refractivity contribution is 5.99. The average molecular weight is 429 g/mol. The third kappa shape index (κ3) is 5.30. The number of carboxylic acid groups (broad SMARTS) is 1. The number of aliphatic carboxylic acids is 1. The minimum Gasteiger partial charge on any atom is -0.481 e. The van der Waals surface area contributed by atoms with Crippen molar-refractivity contribution in [2.45, 2.75) is 59.5 Å². The molecule has 5 atom stereocenters. The van der Waals surface area contributed by atoms with Crippen molar-refractivity contribution in [1.29, 1.82) is 0 Å². The zero-order valence-corrected chi connectivity index (χ0v) is 18.7. The van der Waals surface area contributed by atoms with Crippen LogP contribution < -0.4 is 0 Å². The molecule has 0 aromatic rings. The Morgan fingerprint density at radius 1 is 1.35 bits per heavy atom. The number of allylic oxidation sites excluding steroid dienone is 5. The Balaban J connectivity index is 2.25. The molecule has 0 saturated heterocycles. The van der Waals surface area contributed by atoms with Gasteiger partial charge in [0, 0.05) is 17.4 Å². The quantitative estimate of drug-likeness (QED) is 0.256. The Kier molecular flexibility index (Phi) is 7.93. The van der Waals surface area contributed by atoms with Crippen molar-refractivity contribution in [3.05, 3.63) is 47.6 Å². The molecular weight excluding hydrogens is 396 g/mol. The summed E-state index contributed by atoms with van der Waals surface area (Å²) < 4.78 is 5.65. The first-order chi connectivity index (χ1) is 14.5. The van der Waals surface area contributed by atoms with Gasteiger partial charge in [-0.3, -0.25) is 14.4 Å². The molecule has 0 aromatic carbocycles. The van der Waals surface area contributed by atoms with Gasteiger partial charge in [-0.25, -0.2) is 4.79 Å². The summed E-state index contributed by atoms with van der Waals surface area (Å²) in [7, 11) is 0. The van der Waals surface area contributed by atoms with E-state index in [0.29, 0.717) is 24.2 Å². The SMILES string of the molecule is C=C(C=O)C[C@H]1C(=O)C=C2[C@@H](OC(=O)/C=C/C(C)=C/C(C)CC)CC[C@@H](C(=O)O)[C@@]21C. The van der Waals surface area contributed by atoms with E-state index in [2.05, 4.69) is 26.5 Å². The molecule has 0 amide bonds. The van der Waals surface area contributed by atoms with E-state index in [1.165, 1.54) is 12.2 Å². The maximum Gasteiger partial charge on any atom is 0.331 e. The maximum absolute atomic E-state index is 12.8. The van der Waals surface area contributed by atoms with Gasteiger partial charge in [-0.1, -0.05) is 51.5 Å². The van der Waals surface area contributed by atoms with Crippen LogP contribution >= 0.6 is 0 Å². The predicted molar refractivity (Wildman–Crippen MR) is 117 cm³/mol. The smallest absolute Gasteiger partial charge is 0.331 e. The number of hydrogen-bond acceptors (Lipinski definition) is 5. The van der Waals surface area contributed by atoms with Gasteiger partial charge >= 0.3 is 11.9 Å². The summed E-state index contributed by atoms with van der Waals surface area (Å²) in [5, 5.41) is 9.80. The fourth-order valence-electron chi connectivity index (χ4n) is 4.69. The first-order valence-corrected chi connectivity index (χ1v) is 10.7. The molecule has 2 aliphatic rings. The standard InChI is InChI=1S/C25H32O6/c1-6-15(2)11-16(3)7-10-23(28)31-22-9-8-18(24(29)30)25(5)19(12-17(4)14-26)21(27)13-20(22)25/h7,10-11,13-15,18-19,22H,4,6,8-9,12H2,1-3,5H3,(H,29,30)/b10-7+,16-11+/t15?,18-,19-,22-,25+/m0/s1. The van der Waals surface area contributed by atoms with Crippen LogP contribution in [0.15, 0.2) is 47.6 Å². The van der Waals surface area contributed by atoms with E-state index < -0.39 is 35.3 Å². The van der Waals surface area contributed by atoms with Crippen molar-refractivity contribution in [1.82, 2.24) is 0 Å². The average Bonchev–Trinajstić information content (AvgIpc) is 2.97. The van der Waals surface area contributed by atoms with E-state index in [4.69, 9.17) is 4.74 Å². The lowest BCUT2D eigenvalue weighted by molar-refractivity contribution is -0.152. The van der Waals surface area contributed by atoms with Crippen LogP contribution in [0.3, 0.4) is 0 Å². The number of rotatable bonds is 9. The van der Waals surface area contributed by atoms with Gasteiger partial charge in [0.05, 0.1) is 5.92 Å². The zero-order valence-electron chi connectivity index (χ0n) is 18.7. The van der Waals surface area contributed by atoms with Gasteiger partial charge in [0.1, 0.15) is 12.4 Å². The molecule has 1 saturated carbocycles. The number of fused-ring (bicyclic) bond motifs is 1.